The predicted octanol–water partition coefficient (Wildman–Crippen LogP) is 16.4. The molecule has 0 unspecified atom stereocenters. The smallest absolute Gasteiger partial charge is 0.137 e. The molecule has 2 heteroatoms. The maximum absolute atomic E-state index is 6.61. The molecule has 0 amide bonds. The van der Waals surface area contributed by atoms with Crippen LogP contribution in [0.15, 0.2) is 241 Å². The molecule has 10 aromatic carbocycles. The Morgan fingerprint density at radius 3 is 1.43 bits per heavy atom. The highest BCUT2D eigenvalue weighted by Crippen LogP contribution is 2.63. The second-order valence-corrected chi connectivity index (χ2v) is 16.7. The number of fused-ring (bicyclic) bond motifs is 13. The highest BCUT2D eigenvalue weighted by Gasteiger charge is 2.51. The quantitative estimate of drug-likeness (QED) is 0.167. The number of nitrogens with zero attached hydrogens (tertiary/aromatic N) is 1. The maximum atomic E-state index is 6.61. The number of furan rings is 1. The molecule has 0 aliphatic heterocycles. The van der Waals surface area contributed by atoms with Crippen LogP contribution in [-0.4, -0.2) is 0 Å². The number of anilines is 3. The van der Waals surface area contributed by atoms with Crippen molar-refractivity contribution in [1.29, 1.82) is 0 Å². The standard InChI is InChI=1S/C61H39NO/c1-2-19-40(20-3-1)42-21-4-5-22-43(42)44-23-6-7-24-45(44)50-28-11-16-33-56(50)62(57-34-18-36-59-60(57)51-29-12-17-35-58(51)63-59)41-37-38-49-48-27-10-15-32-54(48)61(55(49)39-41)52-30-13-8-25-46(52)47-26-9-14-31-53(47)61/h1-39H. The SMILES string of the molecule is c1ccc(-c2ccccc2-c2ccccc2-c2ccccc2N(c2ccc3c(c2)C2(c4ccccc4-c4ccccc42)c2ccccc2-3)c2cccc3oc4ccccc4c23)cc1. The van der Waals surface area contributed by atoms with Crippen molar-refractivity contribution in [2.24, 2.45) is 0 Å². The Kier molecular flexibility index (Phi) is 7.85. The molecule has 0 saturated carbocycles. The van der Waals surface area contributed by atoms with Gasteiger partial charge in [0.15, 0.2) is 0 Å². The molecular formula is C61H39NO. The summed E-state index contributed by atoms with van der Waals surface area (Å²) in [4.78, 5) is 2.49. The lowest BCUT2D eigenvalue weighted by molar-refractivity contribution is 0.669. The minimum Gasteiger partial charge on any atom is -0.456 e. The average Bonchev–Trinajstić information content (AvgIpc) is 3.99. The molecule has 1 spiro atoms. The molecule has 2 aliphatic carbocycles. The van der Waals surface area contributed by atoms with Crippen molar-refractivity contribution < 1.29 is 4.42 Å². The van der Waals surface area contributed by atoms with E-state index in [0.29, 0.717) is 0 Å². The third-order valence-electron chi connectivity index (χ3n) is 13.5. The van der Waals surface area contributed by atoms with Gasteiger partial charge in [-0.05, 0) is 109 Å². The molecule has 13 rings (SSSR count). The molecule has 0 radical (unpaired) electrons. The van der Waals surface area contributed by atoms with Crippen LogP contribution in [0.5, 0.6) is 0 Å². The maximum Gasteiger partial charge on any atom is 0.137 e. The predicted molar refractivity (Wildman–Crippen MR) is 261 cm³/mol. The number of para-hydroxylation sites is 2. The van der Waals surface area contributed by atoms with E-state index in [1.165, 1.54) is 66.8 Å². The van der Waals surface area contributed by atoms with Crippen LogP contribution in [-0.2, 0) is 5.41 Å². The summed E-state index contributed by atoms with van der Waals surface area (Å²) in [6.45, 7) is 0. The summed E-state index contributed by atoms with van der Waals surface area (Å²) in [5.74, 6) is 0. The third-order valence-corrected chi connectivity index (χ3v) is 13.5. The number of rotatable bonds is 6. The molecule has 63 heavy (non-hydrogen) atoms. The monoisotopic (exact) mass is 801 g/mol. The lowest BCUT2D eigenvalue weighted by atomic mass is 9.70. The van der Waals surface area contributed by atoms with E-state index in [-0.39, 0.29) is 0 Å². The summed E-state index contributed by atoms with van der Waals surface area (Å²) in [6, 6.07) is 86.5. The largest absolute Gasteiger partial charge is 0.456 e. The lowest BCUT2D eigenvalue weighted by Gasteiger charge is -2.33. The molecule has 0 bridgehead atoms. The van der Waals surface area contributed by atoms with Gasteiger partial charge in [-0.1, -0.05) is 200 Å². The van der Waals surface area contributed by atoms with Crippen LogP contribution in [0.1, 0.15) is 22.3 Å². The van der Waals surface area contributed by atoms with E-state index in [1.807, 2.05) is 0 Å². The molecule has 2 aliphatic rings. The Morgan fingerprint density at radius 1 is 0.302 bits per heavy atom. The highest BCUT2D eigenvalue weighted by molar-refractivity contribution is 6.14. The summed E-state index contributed by atoms with van der Waals surface area (Å²) in [5, 5.41) is 2.17. The van der Waals surface area contributed by atoms with Crippen molar-refractivity contribution in [3.05, 3.63) is 259 Å². The first-order valence-corrected chi connectivity index (χ1v) is 21.8. The summed E-state index contributed by atoms with van der Waals surface area (Å²) in [7, 11) is 0. The van der Waals surface area contributed by atoms with Crippen molar-refractivity contribution in [3.8, 4) is 55.6 Å². The zero-order valence-electron chi connectivity index (χ0n) is 34.4. The van der Waals surface area contributed by atoms with Gasteiger partial charge in [-0.3, -0.25) is 0 Å². The molecule has 294 valence electrons. The molecule has 0 atom stereocenters. The van der Waals surface area contributed by atoms with E-state index >= 15 is 0 Å². The second-order valence-electron chi connectivity index (χ2n) is 16.7. The van der Waals surface area contributed by atoms with E-state index in [2.05, 4.69) is 241 Å². The van der Waals surface area contributed by atoms with Crippen LogP contribution in [0.4, 0.5) is 17.1 Å². The molecule has 1 heterocycles. The minimum atomic E-state index is -0.484. The Morgan fingerprint density at radius 2 is 0.762 bits per heavy atom. The van der Waals surface area contributed by atoms with Gasteiger partial charge in [0.25, 0.3) is 0 Å². The first-order valence-electron chi connectivity index (χ1n) is 21.8. The van der Waals surface area contributed by atoms with Gasteiger partial charge in [-0.25, -0.2) is 0 Å². The van der Waals surface area contributed by atoms with Gasteiger partial charge in [0.2, 0.25) is 0 Å². The fourth-order valence-corrected chi connectivity index (χ4v) is 11.0. The second kappa shape index (κ2) is 13.9. The van der Waals surface area contributed by atoms with Gasteiger partial charge in [-0.15, -0.1) is 0 Å². The van der Waals surface area contributed by atoms with Gasteiger partial charge in [-0.2, -0.15) is 0 Å². The average molecular weight is 802 g/mol. The highest BCUT2D eigenvalue weighted by atomic mass is 16.3. The number of hydrogen-bond donors (Lipinski definition) is 0. The number of hydrogen-bond acceptors (Lipinski definition) is 2. The fraction of sp³-hybridized carbons (Fsp3) is 0.0164. The van der Waals surface area contributed by atoms with Crippen molar-refractivity contribution in [1.82, 2.24) is 0 Å². The third kappa shape index (κ3) is 5.13. The van der Waals surface area contributed by atoms with Gasteiger partial charge in [0, 0.05) is 16.6 Å². The van der Waals surface area contributed by atoms with Crippen molar-refractivity contribution in [2.45, 2.75) is 5.41 Å². The van der Waals surface area contributed by atoms with E-state index in [0.717, 1.165) is 50.1 Å². The van der Waals surface area contributed by atoms with Crippen molar-refractivity contribution >= 4 is 39.0 Å². The van der Waals surface area contributed by atoms with E-state index in [9.17, 15) is 0 Å². The van der Waals surface area contributed by atoms with Crippen LogP contribution >= 0.6 is 0 Å². The molecule has 0 fully saturated rings. The fourth-order valence-electron chi connectivity index (χ4n) is 11.0. The Labute approximate surface area is 366 Å². The molecule has 11 aromatic rings. The van der Waals surface area contributed by atoms with Gasteiger partial charge in [0.05, 0.1) is 22.2 Å². The lowest BCUT2D eigenvalue weighted by Crippen LogP contribution is -2.26. The van der Waals surface area contributed by atoms with Crippen LogP contribution in [0.3, 0.4) is 0 Å². The van der Waals surface area contributed by atoms with Crippen LogP contribution in [0, 0.1) is 0 Å². The molecule has 1 aromatic heterocycles. The van der Waals surface area contributed by atoms with E-state index in [1.54, 1.807) is 0 Å². The zero-order chi connectivity index (χ0) is 41.5. The number of benzene rings is 10. The minimum absolute atomic E-state index is 0.484. The molecular weight excluding hydrogens is 763 g/mol. The van der Waals surface area contributed by atoms with E-state index < -0.39 is 5.41 Å². The van der Waals surface area contributed by atoms with Crippen LogP contribution in [0.2, 0.25) is 0 Å². The Hall–Kier alpha value is -8.20. The molecule has 2 nitrogen and oxygen atoms in total. The van der Waals surface area contributed by atoms with Gasteiger partial charge < -0.3 is 9.32 Å². The summed E-state index contributed by atoms with van der Waals surface area (Å²) < 4.78 is 6.61. The normalized spacial score (nSPS) is 12.9. The van der Waals surface area contributed by atoms with Crippen molar-refractivity contribution in [3.63, 3.8) is 0 Å². The van der Waals surface area contributed by atoms with Crippen LogP contribution in [0.25, 0.3) is 77.6 Å². The summed E-state index contributed by atoms with van der Waals surface area (Å²) in [5.41, 5.74) is 22.0. The summed E-state index contributed by atoms with van der Waals surface area (Å²) >= 11 is 0. The molecule has 0 N–H and O–H groups in total. The Bertz CT molecular complexity index is 3530. The van der Waals surface area contributed by atoms with E-state index in [4.69, 9.17) is 4.42 Å². The topological polar surface area (TPSA) is 16.4 Å². The van der Waals surface area contributed by atoms with Gasteiger partial charge >= 0.3 is 0 Å². The van der Waals surface area contributed by atoms with Crippen LogP contribution < -0.4 is 4.90 Å². The summed E-state index contributed by atoms with van der Waals surface area (Å²) in [6.07, 6.45) is 0. The Balaban J connectivity index is 1.10. The zero-order valence-corrected chi connectivity index (χ0v) is 34.4. The molecule has 0 saturated heterocycles. The first kappa shape index (κ1) is 35.5. The van der Waals surface area contributed by atoms with Crippen molar-refractivity contribution in [2.75, 3.05) is 4.90 Å². The van der Waals surface area contributed by atoms with Gasteiger partial charge in [0.1, 0.15) is 11.2 Å². The first-order chi connectivity index (χ1) is 31.3.